The van der Waals surface area contributed by atoms with Crippen molar-refractivity contribution in [2.75, 3.05) is 5.32 Å². The van der Waals surface area contributed by atoms with Gasteiger partial charge in [0.1, 0.15) is 0 Å². The lowest BCUT2D eigenvalue weighted by molar-refractivity contribution is -0.115. The van der Waals surface area contributed by atoms with Gasteiger partial charge in [-0.2, -0.15) is 0 Å². The molecule has 1 N–H and O–H groups in total. The van der Waals surface area contributed by atoms with E-state index >= 15 is 0 Å². The van der Waals surface area contributed by atoms with Crippen molar-refractivity contribution in [2.24, 2.45) is 0 Å². The highest BCUT2D eigenvalue weighted by molar-refractivity contribution is 8.00. The van der Waals surface area contributed by atoms with Crippen LogP contribution in [-0.4, -0.2) is 16.1 Å². The van der Waals surface area contributed by atoms with Gasteiger partial charge >= 0.3 is 0 Å². The summed E-state index contributed by atoms with van der Waals surface area (Å²) in [7, 11) is 0. The van der Waals surface area contributed by atoms with Gasteiger partial charge in [0, 0.05) is 11.9 Å². The Kier molecular flexibility index (Phi) is 6.01. The Labute approximate surface area is 136 Å². The average molecular weight is 314 g/mol. The van der Waals surface area contributed by atoms with Crippen molar-refractivity contribution in [3.8, 4) is 0 Å². The molecule has 0 saturated carbocycles. The van der Waals surface area contributed by atoms with E-state index in [0.717, 1.165) is 17.1 Å². The molecule has 1 unspecified atom stereocenters. The van der Waals surface area contributed by atoms with E-state index in [2.05, 4.69) is 36.3 Å². The predicted molar refractivity (Wildman–Crippen MR) is 93.3 cm³/mol. The third kappa shape index (κ3) is 4.60. The Morgan fingerprint density at radius 1 is 1.18 bits per heavy atom. The van der Waals surface area contributed by atoms with Crippen molar-refractivity contribution >= 4 is 23.4 Å². The molecule has 1 aromatic heterocycles. The molecule has 1 aromatic carbocycles. The highest BCUT2D eigenvalue weighted by Gasteiger charge is 2.18. The molecule has 4 heteroatoms. The summed E-state index contributed by atoms with van der Waals surface area (Å²) in [5.74, 6) is 0.517. The van der Waals surface area contributed by atoms with Crippen LogP contribution in [0, 0.1) is 0 Å². The summed E-state index contributed by atoms with van der Waals surface area (Å²) in [6.07, 6.45) is 2.51. The van der Waals surface area contributed by atoms with Gasteiger partial charge < -0.3 is 5.32 Å². The molecule has 0 aliphatic heterocycles. The largest absolute Gasteiger partial charge is 0.325 e. The van der Waals surface area contributed by atoms with E-state index in [1.54, 1.807) is 6.20 Å². The fraction of sp³-hybridized carbons (Fsp3) is 0.333. The van der Waals surface area contributed by atoms with Gasteiger partial charge in [0.15, 0.2) is 0 Å². The minimum Gasteiger partial charge on any atom is -0.325 e. The Bertz CT molecular complexity index is 596. The van der Waals surface area contributed by atoms with Crippen LogP contribution in [0.5, 0.6) is 0 Å². The standard InChI is InChI=1S/C18H22N2OS/c1-4-16(22-17-7-5-6-12-19-17)18(21)20-15-10-8-14(9-11-15)13(2)3/h5-13,16H,4H2,1-3H3,(H,20,21). The molecule has 2 rings (SSSR count). The lowest BCUT2D eigenvalue weighted by Gasteiger charge is -2.14. The molecule has 22 heavy (non-hydrogen) atoms. The molecule has 0 bridgehead atoms. The van der Waals surface area contributed by atoms with E-state index in [0.29, 0.717) is 5.92 Å². The number of rotatable bonds is 6. The van der Waals surface area contributed by atoms with Crippen LogP contribution in [0.4, 0.5) is 5.69 Å². The first-order valence-electron chi connectivity index (χ1n) is 7.58. The number of anilines is 1. The average Bonchev–Trinajstić information content (AvgIpc) is 2.54. The van der Waals surface area contributed by atoms with E-state index in [-0.39, 0.29) is 11.2 Å². The van der Waals surface area contributed by atoms with Gasteiger partial charge in [-0.25, -0.2) is 4.98 Å². The molecule has 0 aliphatic rings. The zero-order valence-corrected chi connectivity index (χ0v) is 14.1. The second-order valence-corrected chi connectivity index (χ2v) is 6.67. The topological polar surface area (TPSA) is 42.0 Å². The van der Waals surface area contributed by atoms with E-state index in [1.165, 1.54) is 17.3 Å². The van der Waals surface area contributed by atoms with Crippen molar-refractivity contribution in [3.05, 3.63) is 54.2 Å². The summed E-state index contributed by atoms with van der Waals surface area (Å²) in [6, 6.07) is 13.8. The van der Waals surface area contributed by atoms with Gasteiger partial charge in [-0.1, -0.05) is 50.7 Å². The molecule has 1 atom stereocenters. The minimum atomic E-state index is -0.139. The number of nitrogens with one attached hydrogen (secondary N) is 1. The first-order chi connectivity index (χ1) is 10.6. The number of amides is 1. The van der Waals surface area contributed by atoms with Crippen LogP contribution in [0.2, 0.25) is 0 Å². The van der Waals surface area contributed by atoms with Crippen molar-refractivity contribution in [2.45, 2.75) is 43.4 Å². The Hall–Kier alpha value is -1.81. The predicted octanol–water partition coefficient (Wildman–Crippen LogP) is 4.71. The summed E-state index contributed by atoms with van der Waals surface area (Å²) in [6.45, 7) is 6.33. The van der Waals surface area contributed by atoms with Crippen LogP contribution in [0.25, 0.3) is 0 Å². The number of thioether (sulfide) groups is 1. The molecule has 0 aliphatic carbocycles. The summed E-state index contributed by atoms with van der Waals surface area (Å²) in [5.41, 5.74) is 2.11. The monoisotopic (exact) mass is 314 g/mol. The van der Waals surface area contributed by atoms with Crippen LogP contribution < -0.4 is 5.32 Å². The summed E-state index contributed by atoms with van der Waals surface area (Å²) in [5, 5.41) is 3.73. The number of benzene rings is 1. The number of carbonyl (C=O) groups excluding carboxylic acids is 1. The first kappa shape index (κ1) is 16.6. The quantitative estimate of drug-likeness (QED) is 0.785. The highest BCUT2D eigenvalue weighted by atomic mass is 32.2. The summed E-state index contributed by atoms with van der Waals surface area (Å²) < 4.78 is 0. The number of nitrogens with zero attached hydrogens (tertiary/aromatic N) is 1. The van der Waals surface area contributed by atoms with Crippen molar-refractivity contribution in [3.63, 3.8) is 0 Å². The maximum Gasteiger partial charge on any atom is 0.237 e. The zero-order valence-electron chi connectivity index (χ0n) is 13.2. The second-order valence-electron chi connectivity index (χ2n) is 5.45. The molecule has 1 heterocycles. The molecule has 2 aromatic rings. The third-order valence-corrected chi connectivity index (χ3v) is 4.72. The van der Waals surface area contributed by atoms with Crippen molar-refractivity contribution in [1.29, 1.82) is 0 Å². The Morgan fingerprint density at radius 3 is 2.45 bits per heavy atom. The van der Waals surface area contributed by atoms with Gasteiger partial charge in [0.25, 0.3) is 0 Å². The molecule has 0 spiro atoms. The Morgan fingerprint density at radius 2 is 1.91 bits per heavy atom. The summed E-state index contributed by atoms with van der Waals surface area (Å²) >= 11 is 1.50. The lowest BCUT2D eigenvalue weighted by atomic mass is 10.0. The molecule has 1 amide bonds. The number of hydrogen-bond donors (Lipinski definition) is 1. The molecular formula is C18H22N2OS. The van der Waals surface area contributed by atoms with Crippen molar-refractivity contribution < 1.29 is 4.79 Å². The van der Waals surface area contributed by atoms with Crippen LogP contribution in [0.1, 0.15) is 38.7 Å². The highest BCUT2D eigenvalue weighted by Crippen LogP contribution is 2.25. The lowest BCUT2D eigenvalue weighted by Crippen LogP contribution is -2.24. The van der Waals surface area contributed by atoms with E-state index in [4.69, 9.17) is 0 Å². The van der Waals surface area contributed by atoms with Gasteiger partial charge in [-0.15, -0.1) is 0 Å². The molecule has 0 radical (unpaired) electrons. The smallest absolute Gasteiger partial charge is 0.237 e. The first-order valence-corrected chi connectivity index (χ1v) is 8.46. The van der Waals surface area contributed by atoms with E-state index < -0.39 is 0 Å². The van der Waals surface area contributed by atoms with Gasteiger partial charge in [-0.05, 0) is 42.2 Å². The fourth-order valence-electron chi connectivity index (χ4n) is 2.06. The fourth-order valence-corrected chi connectivity index (χ4v) is 2.96. The van der Waals surface area contributed by atoms with Crippen LogP contribution >= 0.6 is 11.8 Å². The summed E-state index contributed by atoms with van der Waals surface area (Å²) in [4.78, 5) is 16.7. The normalized spacial score (nSPS) is 12.2. The molecular weight excluding hydrogens is 292 g/mol. The minimum absolute atomic E-state index is 0.0236. The number of carbonyl (C=O) groups is 1. The van der Waals surface area contributed by atoms with Crippen LogP contribution in [0.15, 0.2) is 53.7 Å². The molecule has 0 fully saturated rings. The van der Waals surface area contributed by atoms with Gasteiger partial charge in [0.2, 0.25) is 5.91 Å². The van der Waals surface area contributed by atoms with Crippen LogP contribution in [0.3, 0.4) is 0 Å². The second kappa shape index (κ2) is 7.99. The third-order valence-electron chi connectivity index (χ3n) is 3.41. The van der Waals surface area contributed by atoms with E-state index in [1.807, 2.05) is 37.3 Å². The maximum atomic E-state index is 12.4. The van der Waals surface area contributed by atoms with E-state index in [9.17, 15) is 4.79 Å². The molecule has 0 saturated heterocycles. The maximum absolute atomic E-state index is 12.4. The van der Waals surface area contributed by atoms with Gasteiger partial charge in [-0.3, -0.25) is 4.79 Å². The number of hydrogen-bond acceptors (Lipinski definition) is 3. The SMILES string of the molecule is CCC(Sc1ccccn1)C(=O)Nc1ccc(C(C)C)cc1. The van der Waals surface area contributed by atoms with Gasteiger partial charge in [0.05, 0.1) is 10.3 Å². The molecule has 3 nitrogen and oxygen atoms in total. The van der Waals surface area contributed by atoms with Crippen LogP contribution in [-0.2, 0) is 4.79 Å². The Balaban J connectivity index is 2.00. The number of pyridine rings is 1. The number of aromatic nitrogens is 1. The molecule has 116 valence electrons. The zero-order chi connectivity index (χ0) is 15.9. The van der Waals surface area contributed by atoms with Crippen molar-refractivity contribution in [1.82, 2.24) is 4.98 Å².